The lowest BCUT2D eigenvalue weighted by atomic mass is 10.0. The fourth-order valence-electron chi connectivity index (χ4n) is 3.54. The molecule has 4 rings (SSSR count). The van der Waals surface area contributed by atoms with E-state index in [4.69, 9.17) is 9.47 Å². The molecule has 1 aliphatic heterocycles. The molecule has 0 bridgehead atoms. The summed E-state index contributed by atoms with van der Waals surface area (Å²) < 4.78 is 75.4. The van der Waals surface area contributed by atoms with Crippen LogP contribution in [0.1, 0.15) is 15.9 Å². The topological polar surface area (TPSA) is 85.8 Å². The summed E-state index contributed by atoms with van der Waals surface area (Å²) in [5.74, 6) is -0.284. The van der Waals surface area contributed by atoms with Gasteiger partial charge in [0.2, 0.25) is 0 Å². The molecule has 1 aliphatic rings. The van der Waals surface area contributed by atoms with Gasteiger partial charge in [0.1, 0.15) is 11.9 Å². The Balaban J connectivity index is 1.76. The molecule has 0 N–H and O–H groups in total. The first kappa shape index (κ1) is 24.7. The summed E-state index contributed by atoms with van der Waals surface area (Å²) in [6, 6.07) is 10.9. The van der Waals surface area contributed by atoms with Crippen LogP contribution in [-0.4, -0.2) is 51.9 Å². The van der Waals surface area contributed by atoms with Crippen LogP contribution in [0.5, 0.6) is 5.75 Å². The van der Waals surface area contributed by atoms with E-state index >= 15 is 0 Å². The summed E-state index contributed by atoms with van der Waals surface area (Å²) in [5, 5.41) is 0. The van der Waals surface area contributed by atoms with Crippen molar-refractivity contribution in [3.8, 4) is 16.9 Å². The van der Waals surface area contributed by atoms with E-state index in [9.17, 15) is 26.4 Å². The van der Waals surface area contributed by atoms with Gasteiger partial charge in [0, 0.05) is 36.2 Å². The average Bonchev–Trinajstić information content (AvgIpc) is 2.79. The third kappa shape index (κ3) is 5.30. The standard InChI is InChI=1S/C24H21F3N2O5S/c1-29(23(30)15-9-16(24(25,26)27)11-18(10-15)35(2,31)32)21-12-28-8-7-19(21)20-5-3-4-6-22(20)34-17-13-33-14-17/h3-12,17H,13-14H2,1-2H3. The van der Waals surface area contributed by atoms with Crippen molar-refractivity contribution < 1.29 is 35.9 Å². The number of carbonyl (C=O) groups excluding carboxylic acids is 1. The maximum atomic E-state index is 13.4. The van der Waals surface area contributed by atoms with E-state index < -0.39 is 37.9 Å². The zero-order chi connectivity index (χ0) is 25.4. The molecular weight excluding hydrogens is 485 g/mol. The van der Waals surface area contributed by atoms with Gasteiger partial charge in [0.05, 0.1) is 35.6 Å². The van der Waals surface area contributed by atoms with Gasteiger partial charge in [-0.25, -0.2) is 8.42 Å². The summed E-state index contributed by atoms with van der Waals surface area (Å²) in [5.41, 5.74) is -0.144. The molecule has 1 saturated heterocycles. The van der Waals surface area contributed by atoms with E-state index in [1.54, 1.807) is 30.3 Å². The van der Waals surface area contributed by atoms with E-state index in [1.807, 2.05) is 0 Å². The molecule has 184 valence electrons. The Morgan fingerprint density at radius 3 is 2.46 bits per heavy atom. The number of anilines is 1. The minimum atomic E-state index is -4.84. The van der Waals surface area contributed by atoms with Crippen molar-refractivity contribution in [2.45, 2.75) is 17.2 Å². The molecule has 1 aromatic heterocycles. The zero-order valence-electron chi connectivity index (χ0n) is 18.7. The molecule has 0 radical (unpaired) electrons. The predicted molar refractivity (Wildman–Crippen MR) is 122 cm³/mol. The van der Waals surface area contributed by atoms with Gasteiger partial charge in [-0.15, -0.1) is 0 Å². The molecule has 0 atom stereocenters. The highest BCUT2D eigenvalue weighted by Gasteiger charge is 2.33. The molecule has 35 heavy (non-hydrogen) atoms. The highest BCUT2D eigenvalue weighted by atomic mass is 32.2. The third-order valence-corrected chi connectivity index (χ3v) is 6.55. The second-order valence-electron chi connectivity index (χ2n) is 8.05. The summed E-state index contributed by atoms with van der Waals surface area (Å²) in [6.45, 7) is 0.905. The number of amides is 1. The molecule has 0 unspecified atom stereocenters. The first-order chi connectivity index (χ1) is 16.4. The van der Waals surface area contributed by atoms with Crippen molar-refractivity contribution in [3.63, 3.8) is 0 Å². The van der Waals surface area contributed by atoms with E-state index in [2.05, 4.69) is 4.98 Å². The summed E-state index contributed by atoms with van der Waals surface area (Å²) in [4.78, 5) is 17.9. The average molecular weight is 507 g/mol. The quantitative estimate of drug-likeness (QED) is 0.498. The van der Waals surface area contributed by atoms with Crippen LogP contribution in [0.25, 0.3) is 11.1 Å². The smallest absolute Gasteiger partial charge is 0.416 e. The lowest BCUT2D eigenvalue weighted by molar-refractivity contribution is -0.137. The van der Waals surface area contributed by atoms with Crippen LogP contribution in [0, 0.1) is 0 Å². The predicted octanol–water partition coefficient (Wildman–Crippen LogP) is 4.23. The maximum Gasteiger partial charge on any atom is 0.416 e. The number of aromatic nitrogens is 1. The number of ether oxygens (including phenoxy) is 2. The van der Waals surface area contributed by atoms with Gasteiger partial charge in [0.25, 0.3) is 5.91 Å². The molecule has 2 heterocycles. The van der Waals surface area contributed by atoms with Gasteiger partial charge in [-0.3, -0.25) is 9.78 Å². The van der Waals surface area contributed by atoms with Gasteiger partial charge >= 0.3 is 6.18 Å². The van der Waals surface area contributed by atoms with Crippen molar-refractivity contribution >= 4 is 21.4 Å². The van der Waals surface area contributed by atoms with Gasteiger partial charge in [-0.2, -0.15) is 13.2 Å². The number of carbonyl (C=O) groups is 1. The highest BCUT2D eigenvalue weighted by molar-refractivity contribution is 7.90. The number of halogens is 3. The van der Waals surface area contributed by atoms with Crippen LogP contribution >= 0.6 is 0 Å². The van der Waals surface area contributed by atoms with Crippen LogP contribution in [0.15, 0.2) is 65.8 Å². The number of benzene rings is 2. The minimum Gasteiger partial charge on any atom is -0.485 e. The first-order valence-corrected chi connectivity index (χ1v) is 12.3. The maximum absolute atomic E-state index is 13.4. The lowest BCUT2D eigenvalue weighted by Gasteiger charge is -2.28. The largest absolute Gasteiger partial charge is 0.485 e. The third-order valence-electron chi connectivity index (χ3n) is 5.45. The van der Waals surface area contributed by atoms with Gasteiger partial charge in [-0.1, -0.05) is 18.2 Å². The van der Waals surface area contributed by atoms with Gasteiger partial charge < -0.3 is 14.4 Å². The molecule has 2 aromatic carbocycles. The normalized spacial score (nSPS) is 14.3. The molecule has 3 aromatic rings. The molecule has 0 spiro atoms. The monoisotopic (exact) mass is 506 g/mol. The van der Waals surface area contributed by atoms with Crippen molar-refractivity contribution in [2.75, 3.05) is 31.4 Å². The molecule has 0 saturated carbocycles. The van der Waals surface area contributed by atoms with Crippen LogP contribution in [0.2, 0.25) is 0 Å². The fraction of sp³-hybridized carbons (Fsp3) is 0.250. The van der Waals surface area contributed by atoms with E-state index in [0.717, 1.165) is 17.2 Å². The number of hydrogen-bond acceptors (Lipinski definition) is 6. The Morgan fingerprint density at radius 1 is 1.11 bits per heavy atom. The number of hydrogen-bond donors (Lipinski definition) is 0. The minimum absolute atomic E-state index is 0.111. The Morgan fingerprint density at radius 2 is 1.83 bits per heavy atom. The molecule has 11 heteroatoms. The number of pyridine rings is 1. The van der Waals surface area contributed by atoms with E-state index in [-0.39, 0.29) is 6.10 Å². The Kier molecular flexibility index (Phi) is 6.56. The zero-order valence-corrected chi connectivity index (χ0v) is 19.6. The lowest BCUT2D eigenvalue weighted by Crippen LogP contribution is -2.38. The van der Waals surface area contributed by atoms with Crippen LogP contribution < -0.4 is 9.64 Å². The summed E-state index contributed by atoms with van der Waals surface area (Å²) in [7, 11) is -2.63. The van der Waals surface area contributed by atoms with Gasteiger partial charge in [-0.05, 0) is 30.3 Å². The number of nitrogens with zero attached hydrogens (tertiary/aromatic N) is 2. The van der Waals surface area contributed by atoms with E-state index in [1.165, 1.54) is 19.4 Å². The van der Waals surface area contributed by atoms with Crippen molar-refractivity contribution in [2.24, 2.45) is 0 Å². The van der Waals surface area contributed by atoms with Crippen molar-refractivity contribution in [1.82, 2.24) is 4.98 Å². The second-order valence-corrected chi connectivity index (χ2v) is 10.1. The van der Waals surface area contributed by atoms with Crippen LogP contribution in [0.3, 0.4) is 0 Å². The Labute approximate surface area is 200 Å². The molecular formula is C24H21F3N2O5S. The molecule has 1 amide bonds. The second kappa shape index (κ2) is 9.31. The summed E-state index contributed by atoms with van der Waals surface area (Å²) >= 11 is 0. The van der Waals surface area contributed by atoms with Crippen LogP contribution in [-0.2, 0) is 20.8 Å². The van der Waals surface area contributed by atoms with Crippen molar-refractivity contribution in [1.29, 1.82) is 0 Å². The number of sulfone groups is 1. The molecule has 1 fully saturated rings. The van der Waals surface area contributed by atoms with E-state index in [0.29, 0.717) is 47.9 Å². The Hall–Kier alpha value is -3.44. The fourth-order valence-corrected chi connectivity index (χ4v) is 4.22. The van der Waals surface area contributed by atoms with Crippen molar-refractivity contribution in [3.05, 3.63) is 72.1 Å². The summed E-state index contributed by atoms with van der Waals surface area (Å²) in [6.07, 6.45) is -1.24. The molecule has 0 aliphatic carbocycles. The number of rotatable bonds is 6. The number of alkyl halides is 3. The van der Waals surface area contributed by atoms with Crippen LogP contribution in [0.4, 0.5) is 18.9 Å². The highest BCUT2D eigenvalue weighted by Crippen LogP contribution is 2.38. The Bertz CT molecular complexity index is 1370. The number of para-hydroxylation sites is 1. The molecule has 7 nitrogen and oxygen atoms in total. The van der Waals surface area contributed by atoms with Gasteiger partial charge in [0.15, 0.2) is 9.84 Å². The SMILES string of the molecule is CN(C(=O)c1cc(C(F)(F)F)cc(S(C)(=O)=O)c1)c1cnccc1-c1ccccc1OC1COC1. The first-order valence-electron chi connectivity index (χ1n) is 10.4.